The Labute approximate surface area is 490 Å². The first-order valence-electron chi connectivity index (χ1n) is 31.2. The molecule has 3 N–H and O–H groups in total. The van der Waals surface area contributed by atoms with Crippen LogP contribution in [0.1, 0.15) is 226 Å². The van der Waals surface area contributed by atoms with Gasteiger partial charge in [0.05, 0.1) is 6.61 Å². The number of carboxylic acid groups (broad SMARTS) is 1. The standard InChI is InChI=1S/C69H108O12/c1-4-7-10-13-16-19-22-25-28-31-34-37-40-43-46-49-52-55-61(70)77-58-60(79-62(71)56-53-50-47-44-41-38-35-32-29-26-23-20-17-14-11-8-5-2)59-78-69-67(65(74)64(73)66(81-69)68(75)76)80-63(72)57-54-51-48-45-42-39-36-33-30-27-24-21-18-15-12-9-6-3/h7-12,16-21,25-30,34-35,37-38,60,64-67,69,73-74H,4-6,13-15,22-24,31-33,36,39-59H2,1-3H3,(H,75,76)/b10-7-,11-8-,12-9-,19-16-,20-17-,21-18-,28-25-,29-26-,30-27-,37-34-,38-35-. The van der Waals surface area contributed by atoms with Gasteiger partial charge in [-0.3, -0.25) is 14.4 Å². The number of allylic oxidation sites excluding steroid dienone is 22. The maximum atomic E-state index is 13.2. The van der Waals surface area contributed by atoms with Crippen molar-refractivity contribution in [2.75, 3.05) is 13.2 Å². The summed E-state index contributed by atoms with van der Waals surface area (Å²) < 4.78 is 28.4. The summed E-state index contributed by atoms with van der Waals surface area (Å²) in [5.74, 6) is -3.21. The third-order valence-electron chi connectivity index (χ3n) is 13.2. The summed E-state index contributed by atoms with van der Waals surface area (Å²) in [6.45, 7) is 5.61. The molecule has 6 atom stereocenters. The Bertz CT molecular complexity index is 1920. The molecule has 0 saturated carbocycles. The first kappa shape index (κ1) is 73.9. The average molecular weight is 1130 g/mol. The number of ether oxygens (including phenoxy) is 5. The van der Waals surface area contributed by atoms with Crippen molar-refractivity contribution in [3.05, 3.63) is 134 Å². The highest BCUT2D eigenvalue weighted by molar-refractivity contribution is 5.74. The molecule has 81 heavy (non-hydrogen) atoms. The van der Waals surface area contributed by atoms with Gasteiger partial charge in [0.1, 0.15) is 18.8 Å². The molecule has 1 rings (SSSR count). The lowest BCUT2D eigenvalue weighted by Crippen LogP contribution is -2.61. The van der Waals surface area contributed by atoms with E-state index in [9.17, 15) is 34.5 Å². The summed E-state index contributed by atoms with van der Waals surface area (Å²) in [4.78, 5) is 51.3. The maximum Gasteiger partial charge on any atom is 0.335 e. The Balaban J connectivity index is 2.73. The predicted molar refractivity (Wildman–Crippen MR) is 330 cm³/mol. The Hall–Kier alpha value is -5.14. The van der Waals surface area contributed by atoms with Crippen LogP contribution in [0.5, 0.6) is 0 Å². The molecule has 0 aromatic heterocycles. The van der Waals surface area contributed by atoms with Gasteiger partial charge in [-0.25, -0.2) is 4.79 Å². The van der Waals surface area contributed by atoms with E-state index in [0.717, 1.165) is 167 Å². The third kappa shape index (κ3) is 45.1. The van der Waals surface area contributed by atoms with Crippen LogP contribution in [-0.4, -0.2) is 89.2 Å². The van der Waals surface area contributed by atoms with Gasteiger partial charge in [0.2, 0.25) is 0 Å². The number of hydrogen-bond acceptors (Lipinski definition) is 11. The van der Waals surface area contributed by atoms with Crippen molar-refractivity contribution in [2.24, 2.45) is 0 Å². The second-order valence-electron chi connectivity index (χ2n) is 20.5. The molecular weight excluding hydrogens is 1020 g/mol. The maximum absolute atomic E-state index is 13.2. The largest absolute Gasteiger partial charge is 0.479 e. The number of rotatable bonds is 51. The molecular formula is C69H108O12. The molecule has 0 amide bonds. The minimum atomic E-state index is -1.92. The zero-order valence-corrected chi connectivity index (χ0v) is 50.2. The number of unbranched alkanes of at least 4 members (excludes halogenated alkanes) is 15. The fraction of sp³-hybridized carbons (Fsp3) is 0.623. The van der Waals surface area contributed by atoms with Crippen LogP contribution in [-0.2, 0) is 42.9 Å². The van der Waals surface area contributed by atoms with Crippen molar-refractivity contribution in [3.63, 3.8) is 0 Å². The smallest absolute Gasteiger partial charge is 0.335 e. The number of aliphatic hydroxyl groups is 2. The van der Waals surface area contributed by atoms with E-state index in [-0.39, 0.29) is 25.9 Å². The zero-order chi connectivity index (χ0) is 58.9. The SMILES string of the molecule is CC/C=C\C/C=C\C/C=C\C/C=C\CCCCCCC(=O)OCC(COC1OC(C(=O)O)C(O)C(O)C1OC(=O)CCCCCCCCC/C=C\C/C=C\C/C=C\CC)OC(=O)CCCCCC/C=C\C/C=C\C/C=C\C/C=C\CC. The summed E-state index contributed by atoms with van der Waals surface area (Å²) >= 11 is 0. The lowest BCUT2D eigenvalue weighted by molar-refractivity contribution is -0.301. The van der Waals surface area contributed by atoms with Gasteiger partial charge in [-0.1, -0.05) is 212 Å². The first-order chi connectivity index (χ1) is 39.6. The molecule has 0 aromatic carbocycles. The second kappa shape index (κ2) is 55.4. The molecule has 12 heteroatoms. The quantitative estimate of drug-likeness (QED) is 0.0228. The number of carboxylic acids is 1. The molecule has 0 aliphatic carbocycles. The van der Waals surface area contributed by atoms with E-state index < -0.39 is 67.3 Å². The van der Waals surface area contributed by atoms with Crippen LogP contribution in [0.2, 0.25) is 0 Å². The van der Waals surface area contributed by atoms with E-state index >= 15 is 0 Å². The van der Waals surface area contributed by atoms with Gasteiger partial charge in [-0.05, 0) is 128 Å². The molecule has 6 unspecified atom stereocenters. The highest BCUT2D eigenvalue weighted by atomic mass is 16.7. The topological polar surface area (TPSA) is 175 Å². The van der Waals surface area contributed by atoms with Crippen molar-refractivity contribution in [1.29, 1.82) is 0 Å². The second-order valence-corrected chi connectivity index (χ2v) is 20.5. The van der Waals surface area contributed by atoms with Gasteiger partial charge in [-0.2, -0.15) is 0 Å². The lowest BCUT2D eigenvalue weighted by atomic mass is 9.98. The Kier molecular flexibility index (Phi) is 50.5. The van der Waals surface area contributed by atoms with Crippen molar-refractivity contribution in [3.8, 4) is 0 Å². The third-order valence-corrected chi connectivity index (χ3v) is 13.2. The normalized spacial score (nSPS) is 18.7. The predicted octanol–water partition coefficient (Wildman–Crippen LogP) is 16.6. The van der Waals surface area contributed by atoms with Crippen molar-refractivity contribution in [2.45, 2.75) is 263 Å². The van der Waals surface area contributed by atoms with E-state index in [2.05, 4.69) is 154 Å². The molecule has 1 saturated heterocycles. The number of hydrogen-bond donors (Lipinski definition) is 3. The minimum absolute atomic E-state index is 0.0361. The van der Waals surface area contributed by atoms with E-state index in [4.69, 9.17) is 23.7 Å². The first-order valence-corrected chi connectivity index (χ1v) is 31.2. The fourth-order valence-electron chi connectivity index (χ4n) is 8.54. The van der Waals surface area contributed by atoms with Crippen LogP contribution in [0.25, 0.3) is 0 Å². The van der Waals surface area contributed by atoms with Crippen LogP contribution in [0.3, 0.4) is 0 Å². The monoisotopic (exact) mass is 1130 g/mol. The Morgan fingerprint density at radius 2 is 0.741 bits per heavy atom. The van der Waals surface area contributed by atoms with Gasteiger partial charge in [0, 0.05) is 19.3 Å². The molecule has 1 fully saturated rings. The fourth-order valence-corrected chi connectivity index (χ4v) is 8.54. The highest BCUT2D eigenvalue weighted by Crippen LogP contribution is 2.26. The zero-order valence-electron chi connectivity index (χ0n) is 50.2. The molecule has 1 aliphatic heterocycles. The average Bonchev–Trinajstić information content (AvgIpc) is 3.53. The number of aliphatic hydroxyl groups excluding tert-OH is 2. The minimum Gasteiger partial charge on any atom is -0.479 e. The van der Waals surface area contributed by atoms with Crippen LogP contribution in [0.15, 0.2) is 134 Å². The van der Waals surface area contributed by atoms with Gasteiger partial charge in [-0.15, -0.1) is 0 Å². The summed E-state index contributed by atoms with van der Waals surface area (Å²) in [5, 5.41) is 31.6. The highest BCUT2D eigenvalue weighted by Gasteiger charge is 2.50. The number of aliphatic carboxylic acids is 1. The van der Waals surface area contributed by atoms with E-state index in [1.165, 1.54) is 0 Å². The molecule has 0 spiro atoms. The van der Waals surface area contributed by atoms with E-state index in [1.807, 2.05) is 0 Å². The number of carbonyl (C=O) groups excluding carboxylic acids is 3. The van der Waals surface area contributed by atoms with Gasteiger partial charge in [0.25, 0.3) is 0 Å². The molecule has 1 aliphatic rings. The number of carbonyl (C=O) groups is 4. The van der Waals surface area contributed by atoms with Crippen molar-refractivity contribution in [1.82, 2.24) is 0 Å². The molecule has 0 aromatic rings. The van der Waals surface area contributed by atoms with Crippen LogP contribution in [0, 0.1) is 0 Å². The van der Waals surface area contributed by atoms with Gasteiger partial charge in [0.15, 0.2) is 24.6 Å². The Morgan fingerprint density at radius 1 is 0.407 bits per heavy atom. The van der Waals surface area contributed by atoms with Gasteiger partial charge >= 0.3 is 23.9 Å². The summed E-state index contributed by atoms with van der Waals surface area (Å²) in [7, 11) is 0. The molecule has 1 heterocycles. The van der Waals surface area contributed by atoms with Crippen LogP contribution >= 0.6 is 0 Å². The molecule has 12 nitrogen and oxygen atoms in total. The van der Waals surface area contributed by atoms with Crippen molar-refractivity contribution < 1.29 is 58.2 Å². The number of esters is 3. The molecule has 0 radical (unpaired) electrons. The summed E-state index contributed by atoms with van der Waals surface area (Å²) in [5.41, 5.74) is 0. The summed E-state index contributed by atoms with van der Waals surface area (Å²) in [6.07, 6.45) is 65.5. The summed E-state index contributed by atoms with van der Waals surface area (Å²) in [6, 6.07) is 0. The van der Waals surface area contributed by atoms with Crippen LogP contribution < -0.4 is 0 Å². The molecule has 456 valence electrons. The van der Waals surface area contributed by atoms with Crippen LogP contribution in [0.4, 0.5) is 0 Å². The van der Waals surface area contributed by atoms with Gasteiger partial charge < -0.3 is 39.0 Å². The van der Waals surface area contributed by atoms with Crippen molar-refractivity contribution >= 4 is 23.9 Å². The van der Waals surface area contributed by atoms with E-state index in [1.54, 1.807) is 0 Å². The Morgan fingerprint density at radius 3 is 1.12 bits per heavy atom. The lowest BCUT2D eigenvalue weighted by Gasteiger charge is -2.40. The molecule has 0 bridgehead atoms. The van der Waals surface area contributed by atoms with E-state index in [0.29, 0.717) is 19.3 Å².